The summed E-state index contributed by atoms with van der Waals surface area (Å²) in [6.07, 6.45) is 1.65. The van der Waals surface area contributed by atoms with Gasteiger partial charge in [0.15, 0.2) is 17.3 Å². The number of aromatic nitrogens is 2. The summed E-state index contributed by atoms with van der Waals surface area (Å²) in [5.41, 5.74) is 0.991. The minimum atomic E-state index is -0.994. The molecule has 0 aliphatic rings. The molecular weight excluding hydrogens is 459 g/mol. The van der Waals surface area contributed by atoms with Gasteiger partial charge < -0.3 is 10.1 Å². The molecule has 0 radical (unpaired) electrons. The first-order valence-electron chi connectivity index (χ1n) is 7.38. The van der Waals surface area contributed by atoms with Gasteiger partial charge in [-0.3, -0.25) is 9.20 Å². The van der Waals surface area contributed by atoms with Crippen LogP contribution in [0.3, 0.4) is 0 Å². The van der Waals surface area contributed by atoms with Crippen molar-refractivity contribution in [3.63, 3.8) is 0 Å². The molecular formula is C17H12F2IN3O3. The zero-order valence-electron chi connectivity index (χ0n) is 13.4. The van der Waals surface area contributed by atoms with Crippen LogP contribution in [-0.4, -0.2) is 28.4 Å². The standard InChI is InChI=1S/C17H12F2IN3O3/c1-26-17(25)14-7-13(22-15-12(20)4-5-23(14)15)16(24)21-8-9-2-3-10(18)11(19)6-9/h2-7H,8H2,1H3,(H,21,24). The number of nitrogens with zero attached hydrogens (tertiary/aromatic N) is 2. The minimum Gasteiger partial charge on any atom is -0.464 e. The molecule has 2 aromatic heterocycles. The Labute approximate surface area is 160 Å². The molecule has 6 nitrogen and oxygen atoms in total. The fourth-order valence-corrected chi connectivity index (χ4v) is 2.89. The molecule has 0 atom stereocenters. The van der Waals surface area contributed by atoms with Crippen molar-refractivity contribution in [2.75, 3.05) is 7.11 Å². The van der Waals surface area contributed by atoms with E-state index in [9.17, 15) is 18.4 Å². The third-order valence-electron chi connectivity index (χ3n) is 3.64. The molecule has 2 heterocycles. The SMILES string of the molecule is COC(=O)c1cc(C(=O)NCc2ccc(F)c(F)c2)nc2c(I)ccn12. The average molecular weight is 471 g/mol. The van der Waals surface area contributed by atoms with Crippen molar-refractivity contribution in [2.45, 2.75) is 6.54 Å². The normalized spacial score (nSPS) is 10.8. The van der Waals surface area contributed by atoms with E-state index in [1.165, 1.54) is 23.6 Å². The largest absolute Gasteiger partial charge is 0.464 e. The molecule has 9 heteroatoms. The maximum atomic E-state index is 13.2. The second kappa shape index (κ2) is 7.36. The summed E-state index contributed by atoms with van der Waals surface area (Å²) in [6, 6.07) is 6.42. The molecule has 1 amide bonds. The molecule has 0 saturated heterocycles. The lowest BCUT2D eigenvalue weighted by atomic mass is 10.2. The van der Waals surface area contributed by atoms with Gasteiger partial charge in [0.05, 0.1) is 10.7 Å². The van der Waals surface area contributed by atoms with E-state index in [1.54, 1.807) is 12.3 Å². The summed E-state index contributed by atoms with van der Waals surface area (Å²) in [6.45, 7) is -0.0193. The van der Waals surface area contributed by atoms with Crippen LogP contribution in [0.15, 0.2) is 36.5 Å². The van der Waals surface area contributed by atoms with Gasteiger partial charge in [0.2, 0.25) is 0 Å². The Morgan fingerprint density at radius 3 is 2.69 bits per heavy atom. The van der Waals surface area contributed by atoms with E-state index in [0.717, 1.165) is 15.7 Å². The maximum absolute atomic E-state index is 13.2. The number of nitrogens with one attached hydrogen (secondary N) is 1. The van der Waals surface area contributed by atoms with Crippen LogP contribution in [0, 0.1) is 15.2 Å². The van der Waals surface area contributed by atoms with E-state index in [1.807, 2.05) is 22.6 Å². The minimum absolute atomic E-state index is 0.0112. The Bertz CT molecular complexity index is 1020. The number of hydrogen-bond acceptors (Lipinski definition) is 4. The Morgan fingerprint density at radius 1 is 1.23 bits per heavy atom. The van der Waals surface area contributed by atoms with Gasteiger partial charge in [-0.1, -0.05) is 6.07 Å². The predicted octanol–water partition coefficient (Wildman–Crippen LogP) is 2.93. The van der Waals surface area contributed by atoms with Gasteiger partial charge in [-0.15, -0.1) is 0 Å². The molecule has 0 fully saturated rings. The molecule has 134 valence electrons. The summed E-state index contributed by atoms with van der Waals surface area (Å²) in [5, 5.41) is 2.57. The first kappa shape index (κ1) is 18.2. The second-order valence-corrected chi connectivity index (χ2v) is 6.47. The van der Waals surface area contributed by atoms with Crippen molar-refractivity contribution >= 4 is 40.1 Å². The van der Waals surface area contributed by atoms with E-state index in [-0.39, 0.29) is 17.9 Å². The van der Waals surface area contributed by atoms with E-state index >= 15 is 0 Å². The summed E-state index contributed by atoms with van der Waals surface area (Å²) in [5.74, 6) is -3.12. The molecule has 0 bridgehead atoms. The molecule has 0 spiro atoms. The molecule has 0 saturated carbocycles. The Balaban J connectivity index is 1.88. The highest BCUT2D eigenvalue weighted by atomic mass is 127. The van der Waals surface area contributed by atoms with Crippen molar-refractivity contribution in [1.82, 2.24) is 14.7 Å². The first-order chi connectivity index (χ1) is 12.4. The first-order valence-corrected chi connectivity index (χ1v) is 8.46. The zero-order chi connectivity index (χ0) is 18.8. The lowest BCUT2D eigenvalue weighted by Gasteiger charge is -2.09. The van der Waals surface area contributed by atoms with Crippen LogP contribution < -0.4 is 5.32 Å². The Kier molecular flexibility index (Phi) is 5.16. The van der Waals surface area contributed by atoms with E-state index in [4.69, 9.17) is 4.74 Å². The number of methoxy groups -OCH3 is 1. The number of amides is 1. The van der Waals surface area contributed by atoms with Crippen molar-refractivity contribution in [3.8, 4) is 0 Å². The van der Waals surface area contributed by atoms with Crippen molar-refractivity contribution < 1.29 is 23.1 Å². The van der Waals surface area contributed by atoms with Crippen LogP contribution in [0.5, 0.6) is 0 Å². The summed E-state index contributed by atoms with van der Waals surface area (Å²) >= 11 is 2.04. The summed E-state index contributed by atoms with van der Waals surface area (Å²) < 4.78 is 33.2. The number of ether oxygens (including phenoxy) is 1. The van der Waals surface area contributed by atoms with Gasteiger partial charge >= 0.3 is 5.97 Å². The van der Waals surface area contributed by atoms with Gasteiger partial charge in [-0.2, -0.15) is 0 Å². The summed E-state index contributed by atoms with van der Waals surface area (Å²) in [4.78, 5) is 28.6. The molecule has 0 aliphatic carbocycles. The number of fused-ring (bicyclic) bond motifs is 1. The molecule has 1 N–H and O–H groups in total. The van der Waals surface area contributed by atoms with Crippen molar-refractivity contribution in [2.24, 2.45) is 0 Å². The lowest BCUT2D eigenvalue weighted by molar-refractivity contribution is 0.0592. The third kappa shape index (κ3) is 3.52. The number of carbonyl (C=O) groups excluding carboxylic acids is 2. The highest BCUT2D eigenvalue weighted by Crippen LogP contribution is 2.17. The monoisotopic (exact) mass is 471 g/mol. The Morgan fingerprint density at radius 2 is 2.00 bits per heavy atom. The van der Waals surface area contributed by atoms with Crippen LogP contribution in [-0.2, 0) is 11.3 Å². The van der Waals surface area contributed by atoms with Gasteiger partial charge in [0.25, 0.3) is 5.91 Å². The average Bonchev–Trinajstić information content (AvgIpc) is 3.02. The molecule has 3 rings (SSSR count). The van der Waals surface area contributed by atoms with Crippen molar-refractivity contribution in [3.05, 3.63) is 68.7 Å². The maximum Gasteiger partial charge on any atom is 0.355 e. The second-order valence-electron chi connectivity index (χ2n) is 5.31. The van der Waals surface area contributed by atoms with Gasteiger partial charge in [0, 0.05) is 18.8 Å². The topological polar surface area (TPSA) is 72.7 Å². The van der Waals surface area contributed by atoms with Gasteiger partial charge in [-0.25, -0.2) is 18.6 Å². The van der Waals surface area contributed by atoms with E-state index in [2.05, 4.69) is 10.3 Å². The van der Waals surface area contributed by atoms with Crippen molar-refractivity contribution in [1.29, 1.82) is 0 Å². The van der Waals surface area contributed by atoms with E-state index in [0.29, 0.717) is 11.2 Å². The molecule has 1 aromatic carbocycles. The van der Waals surface area contributed by atoms with Gasteiger partial charge in [0.1, 0.15) is 11.4 Å². The molecule has 3 aromatic rings. The number of benzene rings is 1. The number of rotatable bonds is 4. The quantitative estimate of drug-likeness (QED) is 0.470. The highest BCUT2D eigenvalue weighted by molar-refractivity contribution is 14.1. The molecule has 26 heavy (non-hydrogen) atoms. The van der Waals surface area contributed by atoms with Crippen LogP contribution in [0.2, 0.25) is 0 Å². The predicted molar refractivity (Wildman–Crippen MR) is 96.8 cm³/mol. The van der Waals surface area contributed by atoms with E-state index < -0.39 is 23.5 Å². The van der Waals surface area contributed by atoms with Crippen LogP contribution in [0.4, 0.5) is 8.78 Å². The Hall–Kier alpha value is -2.56. The fraction of sp³-hybridized carbons (Fsp3) is 0.118. The van der Waals surface area contributed by atoms with Crippen LogP contribution in [0.1, 0.15) is 26.5 Å². The smallest absolute Gasteiger partial charge is 0.355 e. The van der Waals surface area contributed by atoms with Gasteiger partial charge in [-0.05, 0) is 46.4 Å². The lowest BCUT2D eigenvalue weighted by Crippen LogP contribution is -2.25. The number of carbonyl (C=O) groups is 2. The molecule has 0 aliphatic heterocycles. The number of esters is 1. The number of hydrogen-bond donors (Lipinski definition) is 1. The fourth-order valence-electron chi connectivity index (χ4n) is 2.35. The highest BCUT2D eigenvalue weighted by Gasteiger charge is 2.18. The summed E-state index contributed by atoms with van der Waals surface area (Å²) in [7, 11) is 1.24. The third-order valence-corrected chi connectivity index (χ3v) is 4.48. The van der Waals surface area contributed by atoms with Crippen LogP contribution in [0.25, 0.3) is 5.65 Å². The number of halogens is 3. The zero-order valence-corrected chi connectivity index (χ0v) is 15.6. The van der Waals surface area contributed by atoms with Crippen LogP contribution >= 0.6 is 22.6 Å². The molecule has 0 unspecified atom stereocenters.